The van der Waals surface area contributed by atoms with Gasteiger partial charge in [0.2, 0.25) is 0 Å². The molecule has 3 fully saturated rings. The largest absolute Gasteiger partial charge is 0.461 e. The summed E-state index contributed by atoms with van der Waals surface area (Å²) in [6.45, 7) is 9.30. The van der Waals surface area contributed by atoms with Crippen molar-refractivity contribution in [1.82, 2.24) is 0 Å². The molecule has 2 heterocycles. The first-order valence-electron chi connectivity index (χ1n) is 11.7. The van der Waals surface area contributed by atoms with Crippen molar-refractivity contribution in [3.05, 3.63) is 42.0 Å². The zero-order valence-corrected chi connectivity index (χ0v) is 18.2. The summed E-state index contributed by atoms with van der Waals surface area (Å²) in [5.74, 6) is 0.0970. The van der Waals surface area contributed by atoms with Crippen molar-refractivity contribution in [2.45, 2.75) is 45.3 Å². The van der Waals surface area contributed by atoms with Crippen molar-refractivity contribution in [3.63, 3.8) is 0 Å². The Morgan fingerprint density at radius 3 is 2.70 bits per heavy atom. The fourth-order valence-corrected chi connectivity index (χ4v) is 6.53. The molecule has 162 valence electrons. The van der Waals surface area contributed by atoms with Crippen LogP contribution in [-0.2, 0) is 9.53 Å². The van der Waals surface area contributed by atoms with Crippen LogP contribution in [0.15, 0.2) is 42.0 Å². The zero-order valence-electron chi connectivity index (χ0n) is 18.2. The number of allylic oxidation sites excluding steroid dienone is 1. The van der Waals surface area contributed by atoms with Crippen LogP contribution in [0, 0.1) is 23.2 Å². The number of ether oxygens (including phenoxy) is 1. The van der Waals surface area contributed by atoms with Gasteiger partial charge in [0.1, 0.15) is 12.0 Å². The van der Waals surface area contributed by atoms with Crippen LogP contribution in [0.25, 0.3) is 0 Å². The van der Waals surface area contributed by atoms with Crippen molar-refractivity contribution in [1.29, 1.82) is 0 Å². The third-order valence-electron chi connectivity index (χ3n) is 8.67. The number of nitrogens with zero attached hydrogens (tertiary/aromatic N) is 1. The Kier molecular flexibility index (Phi) is 5.14. The van der Waals surface area contributed by atoms with Crippen molar-refractivity contribution in [3.8, 4) is 0 Å². The van der Waals surface area contributed by atoms with Crippen LogP contribution in [0.2, 0.25) is 0 Å². The Balaban J connectivity index is 1.28. The van der Waals surface area contributed by atoms with Crippen molar-refractivity contribution < 1.29 is 19.5 Å². The van der Waals surface area contributed by atoms with Gasteiger partial charge >= 0.3 is 5.97 Å². The van der Waals surface area contributed by atoms with Gasteiger partial charge in [-0.05, 0) is 30.9 Å². The molecule has 0 unspecified atom stereocenters. The van der Waals surface area contributed by atoms with Gasteiger partial charge in [-0.1, -0.05) is 43.7 Å². The van der Waals surface area contributed by atoms with Gasteiger partial charge in [0.25, 0.3) is 0 Å². The first-order valence-corrected chi connectivity index (χ1v) is 11.7. The van der Waals surface area contributed by atoms with E-state index >= 15 is 0 Å². The molecule has 30 heavy (non-hydrogen) atoms. The highest BCUT2D eigenvalue weighted by Crippen LogP contribution is 2.55. The topological polar surface area (TPSA) is 54.2 Å². The summed E-state index contributed by atoms with van der Waals surface area (Å²) >= 11 is 0. The van der Waals surface area contributed by atoms with Crippen LogP contribution >= 0.6 is 0 Å². The van der Waals surface area contributed by atoms with Crippen molar-refractivity contribution in [2.75, 3.05) is 37.6 Å². The number of piperazine rings is 1. The molecule has 2 saturated heterocycles. The minimum Gasteiger partial charge on any atom is -0.461 e. The van der Waals surface area contributed by atoms with E-state index in [0.717, 1.165) is 52.0 Å². The van der Waals surface area contributed by atoms with Gasteiger partial charge in [0.05, 0.1) is 38.8 Å². The number of benzene rings is 1. The molecule has 2 aliphatic carbocycles. The summed E-state index contributed by atoms with van der Waals surface area (Å²) in [7, 11) is 0. The molecular formula is C25H35N2O3+. The number of fused-ring (bicyclic) bond motifs is 2. The van der Waals surface area contributed by atoms with Gasteiger partial charge in [0.15, 0.2) is 0 Å². The van der Waals surface area contributed by atoms with E-state index in [0.29, 0.717) is 5.92 Å². The van der Waals surface area contributed by atoms with E-state index in [-0.39, 0.29) is 29.3 Å². The monoisotopic (exact) mass is 411 g/mol. The van der Waals surface area contributed by atoms with Gasteiger partial charge in [0, 0.05) is 23.4 Å². The third kappa shape index (κ3) is 3.18. The summed E-state index contributed by atoms with van der Waals surface area (Å²) < 4.78 is 5.85. The van der Waals surface area contributed by atoms with Crippen LogP contribution in [0.4, 0.5) is 5.69 Å². The van der Waals surface area contributed by atoms with Crippen LogP contribution in [0.3, 0.4) is 0 Å². The normalized spacial score (nSPS) is 39.2. The van der Waals surface area contributed by atoms with E-state index in [9.17, 15) is 9.90 Å². The van der Waals surface area contributed by atoms with E-state index in [2.05, 4.69) is 55.2 Å². The predicted molar refractivity (Wildman–Crippen MR) is 116 cm³/mol. The second kappa shape index (κ2) is 7.69. The molecule has 1 aromatic rings. The predicted octanol–water partition coefficient (Wildman–Crippen LogP) is 1.68. The molecule has 5 nitrogen and oxygen atoms in total. The van der Waals surface area contributed by atoms with Gasteiger partial charge in [-0.25, -0.2) is 0 Å². The molecule has 5 heteroatoms. The van der Waals surface area contributed by atoms with Crippen molar-refractivity contribution in [2.24, 2.45) is 23.2 Å². The number of para-hydroxylation sites is 1. The number of carbonyl (C=O) groups is 1. The first-order chi connectivity index (χ1) is 14.5. The first kappa shape index (κ1) is 20.1. The average molecular weight is 412 g/mol. The molecular weight excluding hydrogens is 376 g/mol. The number of anilines is 1. The number of rotatable bonds is 3. The van der Waals surface area contributed by atoms with E-state index < -0.39 is 6.10 Å². The van der Waals surface area contributed by atoms with Gasteiger partial charge in [-0.2, -0.15) is 0 Å². The lowest BCUT2D eigenvalue weighted by atomic mass is 9.55. The Labute approximate surface area is 179 Å². The second-order valence-corrected chi connectivity index (χ2v) is 10.1. The Hall–Kier alpha value is -1.85. The molecule has 0 spiro atoms. The smallest absolute Gasteiger partial charge is 0.315 e. The number of hydrogen-bond donors (Lipinski definition) is 2. The van der Waals surface area contributed by atoms with E-state index in [1.807, 2.05) is 0 Å². The molecule has 0 bridgehead atoms. The summed E-state index contributed by atoms with van der Waals surface area (Å²) in [4.78, 5) is 16.7. The quantitative estimate of drug-likeness (QED) is 0.587. The molecule has 1 saturated carbocycles. The molecule has 0 amide bonds. The third-order valence-corrected chi connectivity index (χ3v) is 8.67. The van der Waals surface area contributed by atoms with Crippen molar-refractivity contribution >= 4 is 11.7 Å². The van der Waals surface area contributed by atoms with E-state index in [1.54, 1.807) is 0 Å². The van der Waals surface area contributed by atoms with Gasteiger partial charge < -0.3 is 19.6 Å². The number of hydrogen-bond acceptors (Lipinski definition) is 4. The minimum atomic E-state index is -0.501. The summed E-state index contributed by atoms with van der Waals surface area (Å²) in [5, 5.41) is 11.5. The number of nitrogens with one attached hydrogen (secondary N) is 1. The summed E-state index contributed by atoms with van der Waals surface area (Å²) in [6, 6.07) is 10.6. The highest BCUT2D eigenvalue weighted by atomic mass is 16.6. The second-order valence-electron chi connectivity index (χ2n) is 10.1. The number of aliphatic hydroxyl groups excluding tert-OH is 1. The number of carbonyl (C=O) groups excluding carboxylic acids is 1. The molecule has 5 rings (SSSR count). The van der Waals surface area contributed by atoms with Crippen LogP contribution < -0.4 is 9.80 Å². The average Bonchev–Trinajstić information content (AvgIpc) is 3.07. The maximum absolute atomic E-state index is 12.9. The Bertz CT molecular complexity index is 817. The zero-order chi connectivity index (χ0) is 20.9. The highest BCUT2D eigenvalue weighted by molar-refractivity contribution is 5.76. The Morgan fingerprint density at radius 1 is 1.23 bits per heavy atom. The van der Waals surface area contributed by atoms with Crippen LogP contribution in [0.1, 0.15) is 33.1 Å². The summed E-state index contributed by atoms with van der Waals surface area (Å²) in [5.41, 5.74) is 2.37. The SMILES string of the molecule is C[C@H]1CCC=C2C[C@H]3OC(=O)[C@H](C[NH+]4CCN(c5ccccc5)CC4)[C@H]3[C@@H](O)[C@@]21C. The molecule has 2 aliphatic heterocycles. The number of esters is 1. The molecule has 1 aromatic carbocycles. The standard InChI is InChI=1S/C25H34N2O3/c1-17-7-6-8-18-15-21-22(23(28)25(17,18)2)20(24(29)30-21)16-26-11-13-27(14-12-26)19-9-4-3-5-10-19/h3-5,8-10,17,20-23,28H,6-7,11-16H2,1-2H3/p+1/t17-,20+,21+,22+,23+,25+/m0/s1. The maximum Gasteiger partial charge on any atom is 0.315 e. The molecule has 6 atom stereocenters. The lowest BCUT2D eigenvalue weighted by Gasteiger charge is -2.51. The molecule has 0 aromatic heterocycles. The minimum absolute atomic E-state index is 0.0696. The fraction of sp³-hybridized carbons (Fsp3) is 0.640. The van der Waals surface area contributed by atoms with E-state index in [1.165, 1.54) is 16.2 Å². The van der Waals surface area contributed by atoms with Crippen LogP contribution in [-0.4, -0.2) is 56.0 Å². The lowest BCUT2D eigenvalue weighted by Crippen LogP contribution is -3.15. The van der Waals surface area contributed by atoms with Gasteiger partial charge in [-0.3, -0.25) is 4.79 Å². The fourth-order valence-electron chi connectivity index (χ4n) is 6.53. The Morgan fingerprint density at radius 2 is 1.97 bits per heavy atom. The number of aliphatic hydroxyl groups is 1. The summed E-state index contributed by atoms with van der Waals surface area (Å²) in [6.07, 6.45) is 4.65. The molecule has 2 N–H and O–H groups in total. The molecule has 4 aliphatic rings. The van der Waals surface area contributed by atoms with E-state index in [4.69, 9.17) is 4.74 Å². The highest BCUT2D eigenvalue weighted by Gasteiger charge is 2.60. The van der Waals surface area contributed by atoms with Gasteiger partial charge in [-0.15, -0.1) is 0 Å². The number of quaternary nitrogens is 1. The molecule has 0 radical (unpaired) electrons. The van der Waals surface area contributed by atoms with Crippen LogP contribution in [0.5, 0.6) is 0 Å². The lowest BCUT2D eigenvalue weighted by molar-refractivity contribution is -0.903. The maximum atomic E-state index is 12.9.